The highest BCUT2D eigenvalue weighted by molar-refractivity contribution is 6.01. The predicted molar refractivity (Wildman–Crippen MR) is 177 cm³/mol. The van der Waals surface area contributed by atoms with E-state index >= 15 is 0 Å². The first-order valence-corrected chi connectivity index (χ1v) is 15.3. The van der Waals surface area contributed by atoms with Crippen molar-refractivity contribution in [3.05, 3.63) is 113 Å². The SMILES string of the molecule is CC1=CN=C(C2=CC=CCC2)CC1.CC1=NC2Cc3c(ccc(C)c3-c3cccc[n+]3C)C2C=C1.CC=C(C)CC. The molecule has 3 nitrogen and oxygen atoms in total. The molecule has 2 aliphatic heterocycles. The monoisotopic (exact) mass is 546 g/mol. The summed E-state index contributed by atoms with van der Waals surface area (Å²) in [6.45, 7) is 12.8. The van der Waals surface area contributed by atoms with Crippen LogP contribution in [0.4, 0.5) is 0 Å². The number of fused-ring (bicyclic) bond motifs is 3. The van der Waals surface area contributed by atoms with Crippen molar-refractivity contribution in [2.24, 2.45) is 17.0 Å². The minimum Gasteiger partial charge on any atom is -0.285 e. The van der Waals surface area contributed by atoms with Gasteiger partial charge in [0.05, 0.1) is 11.6 Å². The molecular weight excluding hydrogens is 498 g/mol. The summed E-state index contributed by atoms with van der Waals surface area (Å²) in [6, 6.07) is 11.4. The van der Waals surface area contributed by atoms with Gasteiger partial charge in [0.2, 0.25) is 5.69 Å². The van der Waals surface area contributed by atoms with E-state index in [2.05, 4.69) is 131 Å². The zero-order chi connectivity index (χ0) is 29.4. The van der Waals surface area contributed by atoms with Crippen LogP contribution in [0.15, 0.2) is 106 Å². The van der Waals surface area contributed by atoms with Crippen molar-refractivity contribution >= 4 is 11.4 Å². The third kappa shape index (κ3) is 7.58. The Bertz CT molecular complexity index is 1460. The van der Waals surface area contributed by atoms with E-state index in [-0.39, 0.29) is 0 Å². The number of pyridine rings is 1. The number of dihydropyridines is 1. The van der Waals surface area contributed by atoms with E-state index in [0.29, 0.717) is 12.0 Å². The lowest BCUT2D eigenvalue weighted by Gasteiger charge is -2.17. The van der Waals surface area contributed by atoms with Crippen molar-refractivity contribution in [2.75, 3.05) is 0 Å². The lowest BCUT2D eigenvalue weighted by molar-refractivity contribution is -0.660. The zero-order valence-corrected chi connectivity index (χ0v) is 26.2. The Morgan fingerprint density at radius 1 is 1.07 bits per heavy atom. The Balaban J connectivity index is 0.000000172. The summed E-state index contributed by atoms with van der Waals surface area (Å²) in [7, 11) is 2.12. The van der Waals surface area contributed by atoms with Crippen molar-refractivity contribution in [1.29, 1.82) is 0 Å². The fourth-order valence-corrected chi connectivity index (χ4v) is 5.83. The Labute approximate surface area is 248 Å². The van der Waals surface area contributed by atoms with Gasteiger partial charge < -0.3 is 0 Å². The molecule has 3 heteroatoms. The molecule has 6 rings (SSSR count). The van der Waals surface area contributed by atoms with Crippen LogP contribution in [0.3, 0.4) is 0 Å². The highest BCUT2D eigenvalue weighted by atomic mass is 14.9. The largest absolute Gasteiger partial charge is 0.285 e. The number of nitrogens with zero attached hydrogens (tertiary/aromatic N) is 3. The summed E-state index contributed by atoms with van der Waals surface area (Å²) < 4.78 is 2.22. The Kier molecular flexibility index (Phi) is 10.6. The normalized spacial score (nSPS) is 20.7. The molecule has 4 aliphatic rings. The second kappa shape index (κ2) is 14.3. The number of aliphatic imine (C=N–C) groups is 2. The first-order valence-electron chi connectivity index (χ1n) is 15.3. The summed E-state index contributed by atoms with van der Waals surface area (Å²) in [5, 5.41) is 0. The fraction of sp³-hybridized carbons (Fsp3) is 0.395. The quantitative estimate of drug-likeness (QED) is 0.271. The molecule has 0 fully saturated rings. The highest BCUT2D eigenvalue weighted by Crippen LogP contribution is 2.43. The molecule has 2 unspecified atom stereocenters. The maximum absolute atomic E-state index is 4.87. The van der Waals surface area contributed by atoms with E-state index in [1.54, 1.807) is 0 Å². The molecule has 1 aromatic carbocycles. The summed E-state index contributed by atoms with van der Waals surface area (Å²) >= 11 is 0. The molecule has 2 aromatic rings. The molecule has 41 heavy (non-hydrogen) atoms. The summed E-state index contributed by atoms with van der Waals surface area (Å²) in [5.74, 6) is 0.451. The molecule has 0 radical (unpaired) electrons. The minimum atomic E-state index is 0.384. The number of benzene rings is 1. The van der Waals surface area contributed by atoms with Gasteiger partial charge in [-0.1, -0.05) is 60.6 Å². The Hall–Kier alpha value is -3.59. The summed E-state index contributed by atoms with van der Waals surface area (Å²) in [6.07, 6.45) is 24.2. The third-order valence-electron chi connectivity index (χ3n) is 8.60. The number of hydrogen-bond acceptors (Lipinski definition) is 2. The van der Waals surface area contributed by atoms with Gasteiger partial charge in [-0.2, -0.15) is 0 Å². The molecule has 1 aromatic heterocycles. The maximum Gasteiger partial charge on any atom is 0.212 e. The molecule has 214 valence electrons. The van der Waals surface area contributed by atoms with Gasteiger partial charge >= 0.3 is 0 Å². The minimum absolute atomic E-state index is 0.384. The number of aromatic nitrogens is 1. The van der Waals surface area contributed by atoms with Gasteiger partial charge in [0.25, 0.3) is 0 Å². The van der Waals surface area contributed by atoms with Gasteiger partial charge in [0.15, 0.2) is 6.20 Å². The molecule has 0 saturated heterocycles. The maximum atomic E-state index is 4.87. The van der Waals surface area contributed by atoms with Crippen LogP contribution in [-0.2, 0) is 13.5 Å². The van der Waals surface area contributed by atoms with Gasteiger partial charge in [-0.25, -0.2) is 4.57 Å². The average Bonchev–Trinajstić information content (AvgIpc) is 3.36. The van der Waals surface area contributed by atoms with E-state index < -0.39 is 0 Å². The standard InChI is InChI=1S/C20H21N2.C12H15N.C6H12/c1-13-7-9-15-16-10-8-14(2)21-18(16)12-17(15)20(13)19-6-4-5-11-22(19)3;1-10-7-8-12(13-9-10)11-5-3-2-4-6-11;1-4-6(3)5-2/h4-11,16,18H,12H2,1-3H3;2-3,5,9H,4,6-8H2,1H3;4H,5H2,1-3H3/q+1;;. The van der Waals surface area contributed by atoms with Gasteiger partial charge in [0.1, 0.15) is 7.05 Å². The van der Waals surface area contributed by atoms with Crippen LogP contribution in [0.2, 0.25) is 0 Å². The highest BCUT2D eigenvalue weighted by Gasteiger charge is 2.35. The van der Waals surface area contributed by atoms with E-state index in [9.17, 15) is 0 Å². The van der Waals surface area contributed by atoms with Crippen molar-refractivity contribution in [3.63, 3.8) is 0 Å². The van der Waals surface area contributed by atoms with E-state index in [4.69, 9.17) is 4.99 Å². The lowest BCUT2D eigenvalue weighted by Crippen LogP contribution is -2.30. The fourth-order valence-electron chi connectivity index (χ4n) is 5.83. The van der Waals surface area contributed by atoms with Gasteiger partial charge in [0, 0.05) is 35.7 Å². The predicted octanol–water partition coefficient (Wildman–Crippen LogP) is 9.29. The van der Waals surface area contributed by atoms with E-state index in [0.717, 1.165) is 18.6 Å². The third-order valence-corrected chi connectivity index (χ3v) is 8.60. The van der Waals surface area contributed by atoms with Crippen molar-refractivity contribution in [3.8, 4) is 11.3 Å². The van der Waals surface area contributed by atoms with Crippen molar-refractivity contribution < 1.29 is 4.57 Å². The second-order valence-corrected chi connectivity index (χ2v) is 11.6. The van der Waals surface area contributed by atoms with Crippen LogP contribution in [0.25, 0.3) is 11.3 Å². The van der Waals surface area contributed by atoms with E-state index in [1.807, 2.05) is 6.20 Å². The molecule has 0 spiro atoms. The molecule has 0 saturated carbocycles. The van der Waals surface area contributed by atoms with Gasteiger partial charge in [-0.3, -0.25) is 9.98 Å². The molecule has 2 atom stereocenters. The molecule has 0 bridgehead atoms. The van der Waals surface area contributed by atoms with Gasteiger partial charge in [-0.05, 0) is 108 Å². The number of hydrogen-bond donors (Lipinski definition) is 0. The van der Waals surface area contributed by atoms with E-state index in [1.165, 1.54) is 76.1 Å². The first kappa shape index (κ1) is 30.4. The molecule has 0 N–H and O–H groups in total. The van der Waals surface area contributed by atoms with Crippen LogP contribution in [-0.4, -0.2) is 17.5 Å². The topological polar surface area (TPSA) is 28.6 Å². The first-order chi connectivity index (χ1) is 19.8. The number of rotatable bonds is 3. The molecule has 0 amide bonds. The summed E-state index contributed by atoms with van der Waals surface area (Å²) in [4.78, 5) is 9.36. The Morgan fingerprint density at radius 2 is 1.90 bits per heavy atom. The smallest absolute Gasteiger partial charge is 0.212 e. The second-order valence-electron chi connectivity index (χ2n) is 11.6. The van der Waals surface area contributed by atoms with Gasteiger partial charge in [-0.15, -0.1) is 0 Å². The summed E-state index contributed by atoms with van der Waals surface area (Å²) in [5.41, 5.74) is 13.7. The lowest BCUT2D eigenvalue weighted by atomic mass is 9.92. The number of allylic oxidation sites excluding steroid dienone is 8. The van der Waals surface area contributed by atoms with Crippen LogP contribution < -0.4 is 4.57 Å². The van der Waals surface area contributed by atoms with Crippen LogP contribution >= 0.6 is 0 Å². The van der Waals surface area contributed by atoms with Crippen molar-refractivity contribution in [1.82, 2.24) is 0 Å². The van der Waals surface area contributed by atoms with Crippen LogP contribution in [0, 0.1) is 6.92 Å². The molecule has 3 heterocycles. The van der Waals surface area contributed by atoms with Crippen LogP contribution in [0.1, 0.15) is 89.3 Å². The van der Waals surface area contributed by atoms with Crippen molar-refractivity contribution in [2.45, 2.75) is 92.0 Å². The Morgan fingerprint density at radius 3 is 2.54 bits per heavy atom. The molecular formula is C38H48N3+. The number of aryl methyl sites for hydroxylation is 2. The average molecular weight is 547 g/mol. The zero-order valence-electron chi connectivity index (χ0n) is 26.2. The van der Waals surface area contributed by atoms with Crippen LogP contribution in [0.5, 0.6) is 0 Å². The molecule has 2 aliphatic carbocycles.